The second kappa shape index (κ2) is 18.5. The Morgan fingerprint density at radius 3 is 1.81 bits per heavy atom. The van der Waals surface area contributed by atoms with Gasteiger partial charge in [-0.05, 0) is 19.3 Å². The average molecular weight is 388 g/mol. The van der Waals surface area contributed by atoms with Crippen LogP contribution in [0.15, 0.2) is 0 Å². The van der Waals surface area contributed by atoms with E-state index in [1.54, 1.807) is 0 Å². The molecular formula is C19H37N3O3S. The van der Waals surface area contributed by atoms with E-state index in [1.165, 1.54) is 19.3 Å². The van der Waals surface area contributed by atoms with Gasteiger partial charge in [-0.1, -0.05) is 71.1 Å². The summed E-state index contributed by atoms with van der Waals surface area (Å²) in [6.45, 7) is 2.85. The standard InChI is InChI=1S/C19H37N3O3S/c1-2-3-10-13-17(23)21-16-19(25)20-15-12-9-7-5-4-6-8-11-14-18(24)22-26/h26H,2-16H2,1H3,(H,20,25)(H,21,23)(H,22,24). The zero-order valence-electron chi connectivity index (χ0n) is 16.3. The average Bonchev–Trinajstić information content (AvgIpc) is 2.64. The highest BCUT2D eigenvalue weighted by atomic mass is 32.1. The van der Waals surface area contributed by atoms with Gasteiger partial charge in [0.15, 0.2) is 0 Å². The number of hydrogen-bond donors (Lipinski definition) is 4. The summed E-state index contributed by atoms with van der Waals surface area (Å²) in [5.74, 6) is -0.162. The Morgan fingerprint density at radius 1 is 0.654 bits per heavy atom. The van der Waals surface area contributed by atoms with E-state index in [2.05, 4.69) is 35.1 Å². The predicted octanol–water partition coefficient (Wildman–Crippen LogP) is 3.27. The minimum absolute atomic E-state index is 0.00793. The van der Waals surface area contributed by atoms with Crippen molar-refractivity contribution in [3.8, 4) is 0 Å². The molecule has 0 saturated heterocycles. The molecule has 0 aliphatic carbocycles. The molecule has 0 atom stereocenters. The van der Waals surface area contributed by atoms with Crippen molar-refractivity contribution in [2.24, 2.45) is 0 Å². The fourth-order valence-electron chi connectivity index (χ4n) is 2.62. The van der Waals surface area contributed by atoms with Crippen LogP contribution in [0.25, 0.3) is 0 Å². The van der Waals surface area contributed by atoms with E-state index in [-0.39, 0.29) is 24.3 Å². The molecule has 0 unspecified atom stereocenters. The van der Waals surface area contributed by atoms with Crippen molar-refractivity contribution in [2.45, 2.75) is 90.4 Å². The first-order chi connectivity index (χ1) is 12.6. The lowest BCUT2D eigenvalue weighted by Crippen LogP contribution is -2.37. The van der Waals surface area contributed by atoms with Crippen molar-refractivity contribution >= 4 is 30.5 Å². The maximum absolute atomic E-state index is 11.6. The molecule has 152 valence electrons. The molecule has 0 spiro atoms. The van der Waals surface area contributed by atoms with Crippen LogP contribution in [0.1, 0.15) is 90.4 Å². The molecule has 3 amide bonds. The monoisotopic (exact) mass is 387 g/mol. The highest BCUT2D eigenvalue weighted by Gasteiger charge is 2.04. The van der Waals surface area contributed by atoms with Gasteiger partial charge in [-0.15, -0.1) is 0 Å². The van der Waals surface area contributed by atoms with Gasteiger partial charge < -0.3 is 15.4 Å². The molecule has 26 heavy (non-hydrogen) atoms. The van der Waals surface area contributed by atoms with Crippen molar-refractivity contribution in [1.82, 2.24) is 15.4 Å². The third-order valence-corrected chi connectivity index (χ3v) is 4.48. The fraction of sp³-hybridized carbons (Fsp3) is 0.842. The smallest absolute Gasteiger partial charge is 0.239 e. The van der Waals surface area contributed by atoms with Crippen LogP contribution in [0.4, 0.5) is 0 Å². The van der Waals surface area contributed by atoms with E-state index in [9.17, 15) is 14.4 Å². The highest BCUT2D eigenvalue weighted by Crippen LogP contribution is 2.09. The Labute approximate surface area is 164 Å². The van der Waals surface area contributed by atoms with Crippen molar-refractivity contribution < 1.29 is 14.4 Å². The number of thiol groups is 1. The molecule has 0 aliphatic rings. The van der Waals surface area contributed by atoms with E-state index in [0.717, 1.165) is 51.4 Å². The van der Waals surface area contributed by atoms with Gasteiger partial charge in [0.2, 0.25) is 17.7 Å². The van der Waals surface area contributed by atoms with E-state index in [0.29, 0.717) is 19.4 Å². The predicted molar refractivity (Wildman–Crippen MR) is 109 cm³/mol. The van der Waals surface area contributed by atoms with Gasteiger partial charge in [0.25, 0.3) is 0 Å². The van der Waals surface area contributed by atoms with Crippen LogP contribution in [-0.2, 0) is 14.4 Å². The van der Waals surface area contributed by atoms with Crippen molar-refractivity contribution in [3.63, 3.8) is 0 Å². The summed E-state index contributed by atoms with van der Waals surface area (Å²) in [5.41, 5.74) is 0. The molecule has 3 N–H and O–H groups in total. The SMILES string of the molecule is CCCCCC(=O)NCC(=O)NCCCCCCCCCCC(=O)NS. The summed E-state index contributed by atoms with van der Waals surface area (Å²) in [5, 5.41) is 5.50. The second-order valence-corrected chi connectivity index (χ2v) is 6.92. The molecule has 0 heterocycles. The minimum Gasteiger partial charge on any atom is -0.355 e. The first-order valence-electron chi connectivity index (χ1n) is 10.1. The minimum atomic E-state index is -0.112. The van der Waals surface area contributed by atoms with Crippen LogP contribution in [0.5, 0.6) is 0 Å². The summed E-state index contributed by atoms with van der Waals surface area (Å²) >= 11 is 3.72. The summed E-state index contributed by atoms with van der Waals surface area (Å²) in [7, 11) is 0. The molecule has 0 saturated carbocycles. The zero-order chi connectivity index (χ0) is 19.5. The van der Waals surface area contributed by atoms with Gasteiger partial charge in [-0.25, -0.2) is 0 Å². The molecular weight excluding hydrogens is 350 g/mol. The molecule has 0 aromatic rings. The highest BCUT2D eigenvalue weighted by molar-refractivity contribution is 7.78. The fourth-order valence-corrected chi connectivity index (χ4v) is 2.73. The molecule has 0 fully saturated rings. The summed E-state index contributed by atoms with van der Waals surface area (Å²) in [6.07, 6.45) is 12.9. The van der Waals surface area contributed by atoms with E-state index < -0.39 is 0 Å². The van der Waals surface area contributed by atoms with Gasteiger partial charge in [0, 0.05) is 19.4 Å². The van der Waals surface area contributed by atoms with Crippen LogP contribution in [0.2, 0.25) is 0 Å². The Hall–Kier alpha value is -1.24. The topological polar surface area (TPSA) is 87.3 Å². The van der Waals surface area contributed by atoms with E-state index >= 15 is 0 Å². The number of rotatable bonds is 17. The molecule has 0 bridgehead atoms. The first kappa shape index (κ1) is 24.8. The van der Waals surface area contributed by atoms with Gasteiger partial charge in [0.1, 0.15) is 0 Å². The number of nitrogens with one attached hydrogen (secondary N) is 3. The van der Waals surface area contributed by atoms with Gasteiger partial charge >= 0.3 is 0 Å². The maximum Gasteiger partial charge on any atom is 0.239 e. The Morgan fingerprint density at radius 2 is 1.19 bits per heavy atom. The number of carbonyl (C=O) groups is 3. The quantitative estimate of drug-likeness (QED) is 0.228. The van der Waals surface area contributed by atoms with E-state index in [4.69, 9.17) is 0 Å². The lowest BCUT2D eigenvalue weighted by Gasteiger charge is -2.07. The Kier molecular flexibility index (Phi) is 17.7. The van der Waals surface area contributed by atoms with Crippen molar-refractivity contribution in [3.05, 3.63) is 0 Å². The van der Waals surface area contributed by atoms with Crippen LogP contribution < -0.4 is 15.4 Å². The number of unbranched alkanes of at least 4 members (excludes halogenated alkanes) is 9. The van der Waals surface area contributed by atoms with Gasteiger partial charge in [-0.2, -0.15) is 0 Å². The summed E-state index contributed by atoms with van der Waals surface area (Å²) in [6, 6.07) is 0. The number of carbonyl (C=O) groups excluding carboxylic acids is 3. The summed E-state index contributed by atoms with van der Waals surface area (Å²) in [4.78, 5) is 34.1. The Balaban J connectivity index is 3.30. The molecule has 7 heteroatoms. The second-order valence-electron chi connectivity index (χ2n) is 6.70. The van der Waals surface area contributed by atoms with Gasteiger partial charge in [-0.3, -0.25) is 14.4 Å². The Bertz CT molecular complexity index is 392. The van der Waals surface area contributed by atoms with Crippen molar-refractivity contribution in [1.29, 1.82) is 0 Å². The number of hydrogen-bond acceptors (Lipinski definition) is 4. The van der Waals surface area contributed by atoms with Crippen LogP contribution in [0, 0.1) is 0 Å². The van der Waals surface area contributed by atoms with Gasteiger partial charge in [0.05, 0.1) is 6.54 Å². The normalized spacial score (nSPS) is 10.4. The lowest BCUT2D eigenvalue weighted by molar-refractivity contribution is -0.126. The number of amides is 3. The van der Waals surface area contributed by atoms with Crippen molar-refractivity contribution in [2.75, 3.05) is 13.1 Å². The van der Waals surface area contributed by atoms with E-state index in [1.807, 2.05) is 0 Å². The van der Waals surface area contributed by atoms with Crippen LogP contribution >= 0.6 is 12.8 Å². The molecule has 0 aromatic carbocycles. The molecule has 6 nitrogen and oxygen atoms in total. The van der Waals surface area contributed by atoms with Crippen LogP contribution in [0.3, 0.4) is 0 Å². The maximum atomic E-state index is 11.6. The van der Waals surface area contributed by atoms with Crippen LogP contribution in [-0.4, -0.2) is 30.8 Å². The third kappa shape index (κ3) is 17.6. The largest absolute Gasteiger partial charge is 0.355 e. The first-order valence-corrected chi connectivity index (χ1v) is 10.5. The lowest BCUT2D eigenvalue weighted by atomic mass is 10.1. The molecule has 0 aliphatic heterocycles. The summed E-state index contributed by atoms with van der Waals surface area (Å²) < 4.78 is 2.33. The third-order valence-electron chi connectivity index (χ3n) is 4.23. The molecule has 0 radical (unpaired) electrons. The zero-order valence-corrected chi connectivity index (χ0v) is 17.2. The molecule has 0 aromatic heterocycles. The molecule has 0 rings (SSSR count).